The molecule has 1 rings (SSSR count). The maximum atomic E-state index is 11.0. The van der Waals surface area contributed by atoms with Gasteiger partial charge in [-0.1, -0.05) is 12.1 Å². The predicted octanol–water partition coefficient (Wildman–Crippen LogP) is 1.17. The number of hydrogen-bond donors (Lipinski definition) is 1. The molecule has 0 aliphatic carbocycles. The molecule has 0 bridgehead atoms. The van der Waals surface area contributed by atoms with E-state index in [-0.39, 0.29) is 18.4 Å². The molecule has 92 valence electrons. The average Bonchev–Trinajstić information content (AvgIpc) is 2.28. The molecule has 0 spiro atoms. The van der Waals surface area contributed by atoms with Crippen LogP contribution >= 0.6 is 0 Å². The summed E-state index contributed by atoms with van der Waals surface area (Å²) in [5, 5.41) is 0. The number of carbonyl (C=O) groups excluding carboxylic acids is 2. The monoisotopic (exact) mass is 237 g/mol. The summed E-state index contributed by atoms with van der Waals surface area (Å²) in [6, 6.07) is 6.27. The first kappa shape index (κ1) is 13.2. The smallest absolute Gasteiger partial charge is 0.308 e. The Morgan fingerprint density at radius 2 is 1.88 bits per heavy atom. The number of carbonyl (C=O) groups is 2. The van der Waals surface area contributed by atoms with Gasteiger partial charge < -0.3 is 15.2 Å². The van der Waals surface area contributed by atoms with Gasteiger partial charge in [0.25, 0.3) is 0 Å². The van der Waals surface area contributed by atoms with E-state index in [4.69, 9.17) is 10.5 Å². The van der Waals surface area contributed by atoms with Crippen LogP contribution in [0.25, 0.3) is 0 Å². The van der Waals surface area contributed by atoms with Crippen LogP contribution < -0.4 is 10.5 Å². The minimum Gasteiger partial charge on any atom is -0.469 e. The van der Waals surface area contributed by atoms with Gasteiger partial charge in [-0.3, -0.25) is 9.59 Å². The Bertz CT molecular complexity index is 399. The Kier molecular flexibility index (Phi) is 4.66. The molecule has 17 heavy (non-hydrogen) atoms. The fraction of sp³-hybridized carbons (Fsp3) is 0.333. The highest BCUT2D eigenvalue weighted by molar-refractivity contribution is 5.70. The van der Waals surface area contributed by atoms with Gasteiger partial charge in [0, 0.05) is 13.0 Å². The second-order valence-corrected chi connectivity index (χ2v) is 3.55. The molecule has 0 radical (unpaired) electrons. The molecule has 0 saturated carbocycles. The van der Waals surface area contributed by atoms with Gasteiger partial charge in [-0.05, 0) is 17.7 Å². The van der Waals surface area contributed by atoms with Crippen LogP contribution in [0.3, 0.4) is 0 Å². The van der Waals surface area contributed by atoms with E-state index in [1.165, 1.54) is 14.0 Å². The highest BCUT2D eigenvalue weighted by Crippen LogP contribution is 2.18. The van der Waals surface area contributed by atoms with Crippen molar-refractivity contribution in [1.82, 2.24) is 0 Å². The third-order valence-electron chi connectivity index (χ3n) is 2.18. The number of hydrogen-bond acceptors (Lipinski definition) is 5. The van der Waals surface area contributed by atoms with Crippen molar-refractivity contribution >= 4 is 11.9 Å². The summed E-state index contributed by atoms with van der Waals surface area (Å²) in [6.07, 6.45) is 0.114. The Balaban J connectivity index is 2.66. The molecule has 1 aromatic carbocycles. The molecule has 2 N–H and O–H groups in total. The van der Waals surface area contributed by atoms with Crippen LogP contribution in [0, 0.1) is 0 Å². The van der Waals surface area contributed by atoms with Gasteiger partial charge in [-0.15, -0.1) is 0 Å². The normalized spacial score (nSPS) is 11.7. The van der Waals surface area contributed by atoms with Crippen molar-refractivity contribution in [3.63, 3.8) is 0 Å². The predicted molar refractivity (Wildman–Crippen MR) is 61.3 cm³/mol. The van der Waals surface area contributed by atoms with Crippen LogP contribution in [0.15, 0.2) is 24.3 Å². The van der Waals surface area contributed by atoms with Gasteiger partial charge in [-0.2, -0.15) is 0 Å². The summed E-state index contributed by atoms with van der Waals surface area (Å²) >= 11 is 0. The Morgan fingerprint density at radius 1 is 1.29 bits per heavy atom. The topological polar surface area (TPSA) is 78.6 Å². The van der Waals surface area contributed by atoms with E-state index in [0.717, 1.165) is 5.56 Å². The van der Waals surface area contributed by atoms with Crippen LogP contribution in [-0.2, 0) is 14.3 Å². The van der Waals surface area contributed by atoms with Gasteiger partial charge >= 0.3 is 11.9 Å². The molecular weight excluding hydrogens is 222 g/mol. The molecule has 5 nitrogen and oxygen atoms in total. The zero-order valence-electron chi connectivity index (χ0n) is 9.80. The summed E-state index contributed by atoms with van der Waals surface area (Å²) < 4.78 is 9.41. The first-order valence-corrected chi connectivity index (χ1v) is 5.13. The molecule has 0 amide bonds. The molecule has 0 aliphatic rings. The van der Waals surface area contributed by atoms with E-state index in [0.29, 0.717) is 5.75 Å². The van der Waals surface area contributed by atoms with Gasteiger partial charge in [0.15, 0.2) is 0 Å². The summed E-state index contributed by atoms with van der Waals surface area (Å²) in [4.78, 5) is 21.7. The van der Waals surface area contributed by atoms with Crippen molar-refractivity contribution in [3.05, 3.63) is 29.8 Å². The maximum Gasteiger partial charge on any atom is 0.308 e. The highest BCUT2D eigenvalue weighted by Gasteiger charge is 2.11. The lowest BCUT2D eigenvalue weighted by atomic mass is 10.0. The van der Waals surface area contributed by atoms with Gasteiger partial charge in [0.1, 0.15) is 5.75 Å². The Morgan fingerprint density at radius 3 is 2.35 bits per heavy atom. The second kappa shape index (κ2) is 6.00. The number of ether oxygens (including phenoxy) is 2. The summed E-state index contributed by atoms with van der Waals surface area (Å²) in [5.41, 5.74) is 6.60. The number of nitrogens with two attached hydrogens (primary N) is 1. The highest BCUT2D eigenvalue weighted by atomic mass is 16.5. The Labute approximate surface area is 99.5 Å². The Hall–Kier alpha value is -1.88. The molecule has 1 aromatic rings. The first-order valence-electron chi connectivity index (χ1n) is 5.13. The van der Waals surface area contributed by atoms with E-state index in [9.17, 15) is 9.59 Å². The zero-order chi connectivity index (χ0) is 12.8. The van der Waals surface area contributed by atoms with Crippen molar-refractivity contribution in [1.29, 1.82) is 0 Å². The lowest BCUT2D eigenvalue weighted by Gasteiger charge is -2.11. The molecule has 0 aliphatic heterocycles. The molecule has 0 unspecified atom stereocenters. The molecule has 0 fully saturated rings. The van der Waals surface area contributed by atoms with Crippen molar-refractivity contribution in [2.75, 3.05) is 7.11 Å². The third kappa shape index (κ3) is 4.24. The number of rotatable bonds is 4. The quantitative estimate of drug-likeness (QED) is 0.628. The SMILES string of the molecule is COC(=O)C[C@H](N)c1ccc(OC(C)=O)cc1. The number of methoxy groups -OCH3 is 1. The van der Waals surface area contributed by atoms with E-state index in [2.05, 4.69) is 4.74 Å². The summed E-state index contributed by atoms with van der Waals surface area (Å²) in [5.74, 6) is -0.287. The van der Waals surface area contributed by atoms with Crippen molar-refractivity contribution in [2.45, 2.75) is 19.4 Å². The van der Waals surface area contributed by atoms with E-state index in [1.54, 1.807) is 24.3 Å². The molecular formula is C12H15NO4. The average molecular weight is 237 g/mol. The minimum absolute atomic E-state index is 0.114. The molecule has 0 aromatic heterocycles. The van der Waals surface area contributed by atoms with E-state index >= 15 is 0 Å². The standard InChI is InChI=1S/C12H15NO4/c1-8(14)17-10-5-3-9(4-6-10)11(13)7-12(15)16-2/h3-6,11H,7,13H2,1-2H3/t11-/m0/s1. The maximum absolute atomic E-state index is 11.0. The fourth-order valence-corrected chi connectivity index (χ4v) is 1.33. The number of benzene rings is 1. The zero-order valence-corrected chi connectivity index (χ0v) is 9.80. The minimum atomic E-state index is -0.422. The van der Waals surface area contributed by atoms with Crippen molar-refractivity contribution in [2.24, 2.45) is 5.73 Å². The fourth-order valence-electron chi connectivity index (χ4n) is 1.33. The number of esters is 2. The second-order valence-electron chi connectivity index (χ2n) is 3.55. The molecule has 0 saturated heterocycles. The van der Waals surface area contributed by atoms with Crippen molar-refractivity contribution in [3.8, 4) is 5.75 Å². The van der Waals surface area contributed by atoms with Gasteiger partial charge in [-0.25, -0.2) is 0 Å². The largest absolute Gasteiger partial charge is 0.469 e. The van der Waals surface area contributed by atoms with Gasteiger partial charge in [0.2, 0.25) is 0 Å². The third-order valence-corrected chi connectivity index (χ3v) is 2.18. The van der Waals surface area contributed by atoms with Crippen LogP contribution in [0.5, 0.6) is 5.75 Å². The first-order chi connectivity index (χ1) is 8.02. The van der Waals surface area contributed by atoms with E-state index < -0.39 is 6.04 Å². The molecule has 0 heterocycles. The molecule has 1 atom stereocenters. The van der Waals surface area contributed by atoms with Crippen LogP contribution in [0.4, 0.5) is 0 Å². The lowest BCUT2D eigenvalue weighted by Crippen LogP contribution is -2.16. The summed E-state index contributed by atoms with van der Waals surface area (Å²) in [6.45, 7) is 1.33. The lowest BCUT2D eigenvalue weighted by molar-refractivity contribution is -0.141. The van der Waals surface area contributed by atoms with Crippen LogP contribution in [0.1, 0.15) is 24.9 Å². The van der Waals surface area contributed by atoms with Crippen LogP contribution in [0.2, 0.25) is 0 Å². The summed E-state index contributed by atoms with van der Waals surface area (Å²) in [7, 11) is 1.32. The van der Waals surface area contributed by atoms with Gasteiger partial charge in [0.05, 0.1) is 13.5 Å². The molecule has 5 heteroatoms. The van der Waals surface area contributed by atoms with E-state index in [1.807, 2.05) is 0 Å². The van der Waals surface area contributed by atoms with Crippen molar-refractivity contribution < 1.29 is 19.1 Å². The van der Waals surface area contributed by atoms with Crippen LogP contribution in [-0.4, -0.2) is 19.0 Å².